The molecule has 3 nitrogen and oxygen atoms in total. The van der Waals surface area contributed by atoms with E-state index < -0.39 is 0 Å². The molecule has 0 atom stereocenters. The van der Waals surface area contributed by atoms with Crippen molar-refractivity contribution in [2.45, 2.75) is 51.0 Å². The Hall–Kier alpha value is -0.570. The third kappa shape index (κ3) is 3.35. The van der Waals surface area contributed by atoms with Crippen LogP contribution in [0, 0.1) is 0 Å². The second-order valence-corrected chi connectivity index (χ2v) is 4.14. The molecule has 0 aromatic rings. The number of carbonyl (C=O) groups is 1. The summed E-state index contributed by atoms with van der Waals surface area (Å²) < 4.78 is 0. The van der Waals surface area contributed by atoms with Gasteiger partial charge in [-0.1, -0.05) is 0 Å². The van der Waals surface area contributed by atoms with Gasteiger partial charge in [-0.25, -0.2) is 0 Å². The summed E-state index contributed by atoms with van der Waals surface area (Å²) in [5.41, 5.74) is 0.0797. The van der Waals surface area contributed by atoms with Gasteiger partial charge in [0.2, 0.25) is 5.91 Å². The number of aliphatic hydroxyl groups excluding tert-OH is 1. The van der Waals surface area contributed by atoms with E-state index in [9.17, 15) is 4.79 Å². The number of rotatable bonds is 5. The molecule has 1 aliphatic rings. The van der Waals surface area contributed by atoms with Crippen molar-refractivity contribution >= 4 is 5.91 Å². The van der Waals surface area contributed by atoms with E-state index in [0.717, 1.165) is 25.7 Å². The molecule has 0 heterocycles. The van der Waals surface area contributed by atoms with Gasteiger partial charge in [0, 0.05) is 18.6 Å². The highest BCUT2D eigenvalue weighted by Gasteiger charge is 2.32. The van der Waals surface area contributed by atoms with Gasteiger partial charge in [0.05, 0.1) is 0 Å². The number of nitrogens with one attached hydrogen (secondary N) is 1. The summed E-state index contributed by atoms with van der Waals surface area (Å²) in [4.78, 5) is 11.3. The first-order valence-electron chi connectivity index (χ1n) is 5.08. The quantitative estimate of drug-likeness (QED) is 0.632. The fourth-order valence-electron chi connectivity index (χ4n) is 1.63. The van der Waals surface area contributed by atoms with Gasteiger partial charge >= 0.3 is 0 Å². The summed E-state index contributed by atoms with van der Waals surface area (Å²) in [7, 11) is 0. The lowest BCUT2D eigenvalue weighted by molar-refractivity contribution is -0.123. The first-order valence-corrected chi connectivity index (χ1v) is 5.08. The molecule has 0 saturated heterocycles. The summed E-state index contributed by atoms with van der Waals surface area (Å²) in [6.07, 6.45) is 5.52. The molecule has 0 aromatic heterocycles. The first kappa shape index (κ1) is 10.5. The molecule has 3 heteroatoms. The number of carbonyl (C=O) groups excluding carboxylic acids is 1. The molecule has 1 fully saturated rings. The van der Waals surface area contributed by atoms with Crippen LogP contribution in [0.15, 0.2) is 0 Å². The maximum absolute atomic E-state index is 11.3. The maximum Gasteiger partial charge on any atom is 0.220 e. The number of amides is 1. The average molecular weight is 185 g/mol. The number of aliphatic hydroxyl groups is 1. The standard InChI is InChI=1S/C10H19NO2/c1-10(6-4-7-10)11-9(13)5-2-3-8-12/h12H,2-8H2,1H3,(H,11,13). The fourth-order valence-corrected chi connectivity index (χ4v) is 1.63. The minimum atomic E-state index is 0.0797. The van der Waals surface area contributed by atoms with Crippen LogP contribution >= 0.6 is 0 Å². The predicted octanol–water partition coefficient (Wildman–Crippen LogP) is 1.21. The predicted molar refractivity (Wildman–Crippen MR) is 51.3 cm³/mol. The zero-order valence-corrected chi connectivity index (χ0v) is 8.31. The van der Waals surface area contributed by atoms with Crippen molar-refractivity contribution in [2.24, 2.45) is 0 Å². The molecule has 1 amide bonds. The maximum atomic E-state index is 11.3. The van der Waals surface area contributed by atoms with Crippen LogP contribution in [0.4, 0.5) is 0 Å². The van der Waals surface area contributed by atoms with E-state index in [-0.39, 0.29) is 18.1 Å². The van der Waals surface area contributed by atoms with E-state index in [0.29, 0.717) is 6.42 Å². The second kappa shape index (κ2) is 4.61. The molecule has 0 aromatic carbocycles. The largest absolute Gasteiger partial charge is 0.396 e. The SMILES string of the molecule is CC1(NC(=O)CCCCO)CCC1. The lowest BCUT2D eigenvalue weighted by Gasteiger charge is -2.39. The molecular formula is C10H19NO2. The molecular weight excluding hydrogens is 166 g/mol. The van der Waals surface area contributed by atoms with Gasteiger partial charge in [-0.2, -0.15) is 0 Å². The Morgan fingerprint density at radius 3 is 2.62 bits per heavy atom. The summed E-state index contributed by atoms with van der Waals surface area (Å²) in [5.74, 6) is 0.135. The van der Waals surface area contributed by atoms with Crippen molar-refractivity contribution in [1.29, 1.82) is 0 Å². The number of unbranched alkanes of at least 4 members (excludes halogenated alkanes) is 1. The third-order valence-corrected chi connectivity index (χ3v) is 2.71. The molecule has 1 saturated carbocycles. The highest BCUT2D eigenvalue weighted by Crippen LogP contribution is 2.30. The third-order valence-electron chi connectivity index (χ3n) is 2.71. The molecule has 0 spiro atoms. The Kier molecular flexibility index (Phi) is 3.72. The molecule has 0 radical (unpaired) electrons. The van der Waals surface area contributed by atoms with Crippen molar-refractivity contribution in [1.82, 2.24) is 5.32 Å². The summed E-state index contributed by atoms with van der Waals surface area (Å²) in [6, 6.07) is 0. The van der Waals surface area contributed by atoms with Gasteiger partial charge in [0.25, 0.3) is 0 Å². The minimum Gasteiger partial charge on any atom is -0.396 e. The molecule has 0 aliphatic heterocycles. The Morgan fingerprint density at radius 2 is 2.15 bits per heavy atom. The van der Waals surface area contributed by atoms with Crippen LogP contribution < -0.4 is 5.32 Å². The minimum absolute atomic E-state index is 0.0797. The smallest absolute Gasteiger partial charge is 0.220 e. The van der Waals surface area contributed by atoms with Crippen LogP contribution in [0.1, 0.15) is 45.4 Å². The monoisotopic (exact) mass is 185 g/mol. The topological polar surface area (TPSA) is 49.3 Å². The van der Waals surface area contributed by atoms with Crippen LogP contribution in [0.2, 0.25) is 0 Å². The molecule has 1 rings (SSSR count). The van der Waals surface area contributed by atoms with Crippen LogP contribution in [0.3, 0.4) is 0 Å². The molecule has 0 unspecified atom stereocenters. The van der Waals surface area contributed by atoms with Crippen LogP contribution in [-0.4, -0.2) is 23.2 Å². The zero-order valence-electron chi connectivity index (χ0n) is 8.31. The van der Waals surface area contributed by atoms with Crippen LogP contribution in [0.25, 0.3) is 0 Å². The van der Waals surface area contributed by atoms with Gasteiger partial charge in [-0.15, -0.1) is 0 Å². The van der Waals surface area contributed by atoms with Crippen molar-refractivity contribution < 1.29 is 9.90 Å². The Morgan fingerprint density at radius 1 is 1.46 bits per heavy atom. The normalized spacial score (nSPS) is 19.2. The van der Waals surface area contributed by atoms with E-state index in [4.69, 9.17) is 5.11 Å². The Balaban J connectivity index is 2.10. The van der Waals surface area contributed by atoms with Gasteiger partial charge < -0.3 is 10.4 Å². The van der Waals surface area contributed by atoms with Crippen LogP contribution in [-0.2, 0) is 4.79 Å². The molecule has 13 heavy (non-hydrogen) atoms. The zero-order chi connectivity index (χ0) is 9.73. The molecule has 1 aliphatic carbocycles. The number of hydrogen-bond donors (Lipinski definition) is 2. The van der Waals surface area contributed by atoms with E-state index in [2.05, 4.69) is 12.2 Å². The van der Waals surface area contributed by atoms with Crippen molar-refractivity contribution in [3.8, 4) is 0 Å². The Bertz CT molecular complexity index is 176. The van der Waals surface area contributed by atoms with Gasteiger partial charge in [0.1, 0.15) is 0 Å². The first-order chi connectivity index (χ1) is 6.16. The second-order valence-electron chi connectivity index (χ2n) is 4.14. The van der Waals surface area contributed by atoms with Crippen molar-refractivity contribution in [3.63, 3.8) is 0 Å². The van der Waals surface area contributed by atoms with E-state index in [1.165, 1.54) is 6.42 Å². The molecule has 76 valence electrons. The van der Waals surface area contributed by atoms with Crippen molar-refractivity contribution in [3.05, 3.63) is 0 Å². The van der Waals surface area contributed by atoms with E-state index in [1.54, 1.807) is 0 Å². The summed E-state index contributed by atoms with van der Waals surface area (Å²) >= 11 is 0. The van der Waals surface area contributed by atoms with Gasteiger partial charge in [0.15, 0.2) is 0 Å². The Labute approximate surface area is 79.5 Å². The van der Waals surface area contributed by atoms with Crippen LogP contribution in [0.5, 0.6) is 0 Å². The summed E-state index contributed by atoms with van der Waals surface area (Å²) in [6.45, 7) is 2.28. The lowest BCUT2D eigenvalue weighted by Crippen LogP contribution is -2.50. The fraction of sp³-hybridized carbons (Fsp3) is 0.900. The van der Waals surface area contributed by atoms with E-state index in [1.807, 2.05) is 0 Å². The summed E-state index contributed by atoms with van der Waals surface area (Å²) in [5, 5.41) is 11.6. The number of hydrogen-bond acceptors (Lipinski definition) is 2. The highest BCUT2D eigenvalue weighted by molar-refractivity contribution is 5.76. The highest BCUT2D eigenvalue weighted by atomic mass is 16.2. The van der Waals surface area contributed by atoms with E-state index >= 15 is 0 Å². The molecule has 2 N–H and O–H groups in total. The lowest BCUT2D eigenvalue weighted by atomic mass is 9.78. The van der Waals surface area contributed by atoms with Gasteiger partial charge in [-0.05, 0) is 39.0 Å². The molecule has 0 bridgehead atoms. The van der Waals surface area contributed by atoms with Gasteiger partial charge in [-0.3, -0.25) is 4.79 Å². The van der Waals surface area contributed by atoms with Crippen molar-refractivity contribution in [2.75, 3.05) is 6.61 Å². The average Bonchev–Trinajstić information content (AvgIpc) is 2.02.